The molecule has 0 bridgehead atoms. The number of alkyl halides is 3. The first kappa shape index (κ1) is 14.4. The summed E-state index contributed by atoms with van der Waals surface area (Å²) in [4.78, 5) is 11.2. The molecule has 108 valence electrons. The molecule has 2 atom stereocenters. The summed E-state index contributed by atoms with van der Waals surface area (Å²) in [5, 5.41) is 13.9. The minimum atomic E-state index is -4.57. The van der Waals surface area contributed by atoms with Crippen LogP contribution in [0.4, 0.5) is 13.2 Å². The zero-order valence-corrected chi connectivity index (χ0v) is 10.8. The Morgan fingerprint density at radius 2 is 2.05 bits per heavy atom. The summed E-state index contributed by atoms with van der Waals surface area (Å²) in [7, 11) is 1.65. The molecule has 4 nitrogen and oxygen atoms in total. The van der Waals surface area contributed by atoms with E-state index in [0.29, 0.717) is 5.52 Å². The van der Waals surface area contributed by atoms with E-state index >= 15 is 0 Å². The lowest BCUT2D eigenvalue weighted by Crippen LogP contribution is -2.31. The van der Waals surface area contributed by atoms with Gasteiger partial charge in [0.25, 0.3) is 0 Å². The van der Waals surface area contributed by atoms with Crippen LogP contribution in [-0.2, 0) is 11.8 Å². The summed E-state index contributed by atoms with van der Waals surface area (Å²) < 4.78 is 39.9. The van der Waals surface area contributed by atoms with Gasteiger partial charge in [0.05, 0.1) is 23.5 Å². The van der Waals surface area contributed by atoms with E-state index in [1.54, 1.807) is 19.3 Å². The van der Waals surface area contributed by atoms with Crippen molar-refractivity contribution in [3.05, 3.63) is 30.0 Å². The summed E-state index contributed by atoms with van der Waals surface area (Å²) >= 11 is 0. The highest BCUT2D eigenvalue weighted by atomic mass is 19.4. The maximum Gasteiger partial charge on any atom is 0.392 e. The molecule has 2 aromatic rings. The fourth-order valence-electron chi connectivity index (χ4n) is 2.19. The molecule has 1 heterocycles. The molecule has 1 N–H and O–H groups in total. The van der Waals surface area contributed by atoms with Crippen molar-refractivity contribution in [2.24, 2.45) is 13.0 Å². The third-order valence-corrected chi connectivity index (χ3v) is 3.41. The van der Waals surface area contributed by atoms with Crippen LogP contribution in [0.3, 0.4) is 0 Å². The second-order valence-corrected chi connectivity index (χ2v) is 4.73. The van der Waals surface area contributed by atoms with Gasteiger partial charge in [-0.1, -0.05) is 19.1 Å². The lowest BCUT2D eigenvalue weighted by atomic mass is 9.86. The molecule has 0 aliphatic carbocycles. The van der Waals surface area contributed by atoms with Gasteiger partial charge in [0.15, 0.2) is 0 Å². The quantitative estimate of drug-likeness (QED) is 0.943. The summed E-state index contributed by atoms with van der Waals surface area (Å²) in [6.07, 6.45) is -2.99. The average molecular weight is 286 g/mol. The van der Waals surface area contributed by atoms with Gasteiger partial charge >= 0.3 is 12.1 Å². The highest BCUT2D eigenvalue weighted by Gasteiger charge is 2.45. The van der Waals surface area contributed by atoms with E-state index in [0.717, 1.165) is 12.3 Å². The zero-order chi connectivity index (χ0) is 15.1. The van der Waals surface area contributed by atoms with Crippen LogP contribution in [0.5, 0.6) is 0 Å². The Morgan fingerprint density at radius 3 is 2.60 bits per heavy atom. The number of hydrogen-bond acceptors (Lipinski definition) is 2. The summed E-state index contributed by atoms with van der Waals surface area (Å²) in [5.74, 6) is -5.09. The van der Waals surface area contributed by atoms with E-state index in [9.17, 15) is 18.0 Å². The third kappa shape index (κ3) is 2.48. The van der Waals surface area contributed by atoms with Crippen molar-refractivity contribution >= 4 is 16.9 Å². The lowest BCUT2D eigenvalue weighted by Gasteiger charge is -2.23. The smallest absolute Gasteiger partial charge is 0.392 e. The highest BCUT2D eigenvalue weighted by Crippen LogP contribution is 2.38. The Bertz CT molecular complexity index is 649. The van der Waals surface area contributed by atoms with E-state index in [1.807, 2.05) is 0 Å². The van der Waals surface area contributed by atoms with Crippen molar-refractivity contribution in [2.45, 2.75) is 19.0 Å². The fourth-order valence-corrected chi connectivity index (χ4v) is 2.19. The Labute approximate surface area is 112 Å². The second kappa shape index (κ2) is 4.81. The number of carboxylic acids is 1. The minimum Gasteiger partial charge on any atom is -0.481 e. The number of hydrogen-bond donors (Lipinski definition) is 1. The van der Waals surface area contributed by atoms with Crippen LogP contribution < -0.4 is 0 Å². The first-order chi connectivity index (χ1) is 9.21. The van der Waals surface area contributed by atoms with Gasteiger partial charge in [0, 0.05) is 12.4 Å². The zero-order valence-electron chi connectivity index (χ0n) is 10.8. The van der Waals surface area contributed by atoms with Crippen LogP contribution in [-0.4, -0.2) is 27.0 Å². The molecule has 1 aromatic heterocycles. The number of carbonyl (C=O) groups is 1. The number of benzene rings is 1. The number of fused-ring (bicyclic) bond motifs is 1. The van der Waals surface area contributed by atoms with Gasteiger partial charge in [0.1, 0.15) is 0 Å². The first-order valence-corrected chi connectivity index (χ1v) is 5.93. The molecule has 0 fully saturated rings. The van der Waals surface area contributed by atoms with Gasteiger partial charge in [-0.3, -0.25) is 9.48 Å². The van der Waals surface area contributed by atoms with Gasteiger partial charge in [-0.15, -0.1) is 0 Å². The van der Waals surface area contributed by atoms with Gasteiger partial charge < -0.3 is 5.11 Å². The second-order valence-electron chi connectivity index (χ2n) is 4.73. The molecule has 2 rings (SSSR count). The number of aliphatic carboxylic acids is 1. The van der Waals surface area contributed by atoms with Crippen LogP contribution >= 0.6 is 0 Å². The number of aryl methyl sites for hydroxylation is 1. The van der Waals surface area contributed by atoms with Crippen molar-refractivity contribution in [1.82, 2.24) is 9.78 Å². The minimum absolute atomic E-state index is 0.124. The number of carboxylic acid groups (broad SMARTS) is 1. The molecule has 0 aliphatic rings. The monoisotopic (exact) mass is 286 g/mol. The van der Waals surface area contributed by atoms with Crippen LogP contribution in [0, 0.1) is 5.92 Å². The maximum absolute atomic E-state index is 12.8. The van der Waals surface area contributed by atoms with Gasteiger partial charge in [0.2, 0.25) is 0 Å². The third-order valence-electron chi connectivity index (χ3n) is 3.41. The molecule has 0 aliphatic heterocycles. The number of nitrogens with zero attached hydrogens (tertiary/aromatic N) is 2. The number of halogens is 3. The van der Waals surface area contributed by atoms with E-state index in [4.69, 9.17) is 5.11 Å². The molecule has 1 aromatic carbocycles. The first-order valence-electron chi connectivity index (χ1n) is 5.93. The van der Waals surface area contributed by atoms with Crippen LogP contribution in [0.15, 0.2) is 24.4 Å². The lowest BCUT2D eigenvalue weighted by molar-refractivity contribution is -0.183. The number of aromatic nitrogens is 2. The predicted molar refractivity (Wildman–Crippen MR) is 66.3 cm³/mol. The van der Waals surface area contributed by atoms with Gasteiger partial charge in [-0.05, 0) is 11.6 Å². The fraction of sp³-hybridized carbons (Fsp3) is 0.385. The van der Waals surface area contributed by atoms with Crippen molar-refractivity contribution in [3.63, 3.8) is 0 Å². The Balaban J connectivity index is 2.52. The Hall–Kier alpha value is -2.05. The molecular formula is C13H13F3N2O2. The molecule has 20 heavy (non-hydrogen) atoms. The Kier molecular flexibility index (Phi) is 3.45. The van der Waals surface area contributed by atoms with Crippen molar-refractivity contribution < 1.29 is 23.1 Å². The maximum atomic E-state index is 12.8. The van der Waals surface area contributed by atoms with Crippen molar-refractivity contribution in [1.29, 1.82) is 0 Å². The van der Waals surface area contributed by atoms with Crippen LogP contribution in [0.1, 0.15) is 18.4 Å². The van der Waals surface area contributed by atoms with E-state index < -0.39 is 24.0 Å². The van der Waals surface area contributed by atoms with Gasteiger partial charge in [-0.25, -0.2) is 0 Å². The van der Waals surface area contributed by atoms with E-state index in [2.05, 4.69) is 5.10 Å². The van der Waals surface area contributed by atoms with Crippen LogP contribution in [0.2, 0.25) is 0 Å². The van der Waals surface area contributed by atoms with E-state index in [1.165, 1.54) is 16.8 Å². The molecule has 0 radical (unpaired) electrons. The SMILES string of the molecule is C[C@H](C(C(=O)O)c1ccc2cnn(C)c2c1)C(F)(F)F. The van der Waals surface area contributed by atoms with Gasteiger partial charge in [-0.2, -0.15) is 18.3 Å². The molecule has 0 spiro atoms. The standard InChI is InChI=1S/C13H13F3N2O2/c1-7(13(14,15)16)11(12(19)20)8-3-4-9-6-17-18(2)10(9)5-8/h3-7,11H,1-2H3,(H,19,20)/t7-,11?/m1/s1. The van der Waals surface area contributed by atoms with Crippen molar-refractivity contribution in [2.75, 3.05) is 0 Å². The molecule has 0 amide bonds. The topological polar surface area (TPSA) is 55.1 Å². The van der Waals surface area contributed by atoms with Crippen molar-refractivity contribution in [3.8, 4) is 0 Å². The highest BCUT2D eigenvalue weighted by molar-refractivity contribution is 5.83. The van der Waals surface area contributed by atoms with Crippen LogP contribution in [0.25, 0.3) is 10.9 Å². The summed E-state index contributed by atoms with van der Waals surface area (Å²) in [6.45, 7) is 0.881. The predicted octanol–water partition coefficient (Wildman–Crippen LogP) is 2.94. The summed E-state index contributed by atoms with van der Waals surface area (Å²) in [6, 6.07) is 4.44. The normalized spacial score (nSPS) is 15.2. The molecular weight excluding hydrogens is 273 g/mol. The molecule has 0 saturated carbocycles. The molecule has 0 saturated heterocycles. The Morgan fingerprint density at radius 1 is 1.40 bits per heavy atom. The largest absolute Gasteiger partial charge is 0.481 e. The summed E-state index contributed by atoms with van der Waals surface area (Å²) in [5.41, 5.74) is 0.724. The number of rotatable bonds is 3. The molecule has 1 unspecified atom stereocenters. The molecule has 7 heteroatoms. The van der Waals surface area contributed by atoms with E-state index in [-0.39, 0.29) is 5.56 Å². The average Bonchev–Trinajstić information content (AvgIpc) is 2.70.